The molecule has 2 aliphatic heterocycles. The first kappa shape index (κ1) is 55.1. The van der Waals surface area contributed by atoms with E-state index < -0.39 is 44.7 Å². The number of carbonyl (C=O) groups is 2. The summed E-state index contributed by atoms with van der Waals surface area (Å²) in [6.07, 6.45) is -0.792. The number of nitrogens with two attached hydrogens (primary N) is 1. The monoisotopic (exact) mass is 1100 g/mol. The molecule has 0 aliphatic carbocycles. The Morgan fingerprint density at radius 3 is 1.29 bits per heavy atom. The molecule has 2 fully saturated rings. The van der Waals surface area contributed by atoms with Crippen LogP contribution >= 0.6 is 0 Å². The Morgan fingerprint density at radius 1 is 0.575 bits per heavy atom. The van der Waals surface area contributed by atoms with Gasteiger partial charge < -0.3 is 43.6 Å². The van der Waals surface area contributed by atoms with Crippen molar-refractivity contribution in [2.75, 3.05) is 67.9 Å². The second-order valence-electron chi connectivity index (χ2n) is 21.1. The van der Waals surface area contributed by atoms with Crippen LogP contribution in [0.25, 0.3) is 45.2 Å². The summed E-state index contributed by atoms with van der Waals surface area (Å²) in [6, 6.07) is 12.7. The highest BCUT2D eigenvalue weighted by atomic mass is 16.6. The van der Waals surface area contributed by atoms with E-state index in [9.17, 15) is 38.9 Å². The largest absolute Gasteiger partial charge is 0.444 e. The molecule has 2 aliphatic rings. The topological polar surface area (TPSA) is 336 Å². The summed E-state index contributed by atoms with van der Waals surface area (Å²) in [4.78, 5) is 104. The highest BCUT2D eigenvalue weighted by Crippen LogP contribution is 2.28. The molecular formula is C50H60N18O12. The third kappa shape index (κ3) is 11.2. The molecule has 0 atom stereocenters. The minimum atomic E-state index is -0.621. The number of amides is 2. The normalized spacial score (nSPS) is 14.2. The first-order valence-electron chi connectivity index (χ1n) is 25.3. The molecule has 2 N–H and O–H groups in total. The second kappa shape index (κ2) is 21.3. The summed E-state index contributed by atoms with van der Waals surface area (Å²) >= 11 is 0. The standard InChI is InChI=1S/C25H29N9O7.C25H31N9O5/c1-25(2,3)41-24(37)32-12-10-31(11-13-32)22-26-19-18(21(35)30(5)23(36)29(19)4)33(22)14-17-27-28-20(40-17)15-6-8-16(9-7-15)34(38)39;1-25(2,3)39-24(37)33-12-10-32(11-13-33)22-27-19-18(21(35)31(5)23(36)30(19)4)34(22)14-17-28-29-20(38-17)15-6-8-16(26)9-7-15/h6-9H,10-14H2,1-5H3;6-9H,10-14,26H2,1-5H3. The van der Waals surface area contributed by atoms with E-state index >= 15 is 0 Å². The average molecular weight is 1110 g/mol. The fourth-order valence-corrected chi connectivity index (χ4v) is 8.97. The molecule has 30 nitrogen and oxygen atoms in total. The Hall–Kier alpha value is -9.64. The number of piperazine rings is 2. The maximum Gasteiger partial charge on any atom is 0.410 e. The Morgan fingerprint density at radius 2 is 0.938 bits per heavy atom. The van der Waals surface area contributed by atoms with E-state index in [1.54, 1.807) is 71.0 Å². The predicted octanol–water partition coefficient (Wildman–Crippen LogP) is 2.67. The number of non-ortho nitro benzene ring substituents is 1. The quantitative estimate of drug-likeness (QED) is 0.123. The van der Waals surface area contributed by atoms with Gasteiger partial charge in [-0.25, -0.2) is 19.2 Å². The van der Waals surface area contributed by atoms with Crippen LogP contribution in [0.5, 0.6) is 0 Å². The number of benzene rings is 2. The molecule has 0 radical (unpaired) electrons. The van der Waals surface area contributed by atoms with Crippen LogP contribution in [0.3, 0.4) is 0 Å². The van der Waals surface area contributed by atoms with E-state index in [4.69, 9.17) is 29.0 Å². The number of aromatic nitrogens is 12. The first-order valence-corrected chi connectivity index (χ1v) is 25.3. The molecule has 422 valence electrons. The fraction of sp³-hybridized carbons (Fsp3) is 0.440. The SMILES string of the molecule is Cn1c(=O)c2c(nc(N3CCN(C(=O)OC(C)(C)C)CC3)n2Cc2nnc(-c3ccc(N)cc3)o2)n(C)c1=O.Cn1c(=O)c2c(nc(N3CCN(C(=O)OC(C)(C)C)CC3)n2Cc2nnc(-c3ccc([N+](=O)[O-])cc3)o2)n(C)c1=O. The molecule has 0 bridgehead atoms. The summed E-state index contributed by atoms with van der Waals surface area (Å²) in [6.45, 7) is 14.1. The number of hydrogen-bond donors (Lipinski definition) is 1. The summed E-state index contributed by atoms with van der Waals surface area (Å²) < 4.78 is 30.7. The van der Waals surface area contributed by atoms with E-state index in [-0.39, 0.29) is 64.9 Å². The average Bonchev–Trinajstić information content (AvgIpc) is 4.44. The number of carbonyl (C=O) groups excluding carboxylic acids is 2. The van der Waals surface area contributed by atoms with Crippen molar-refractivity contribution in [3.63, 3.8) is 0 Å². The van der Waals surface area contributed by atoms with E-state index in [1.807, 2.05) is 30.6 Å². The van der Waals surface area contributed by atoms with Gasteiger partial charge in [-0.3, -0.25) is 47.1 Å². The highest BCUT2D eigenvalue weighted by molar-refractivity contribution is 5.76. The molecule has 2 saturated heterocycles. The molecule has 10 rings (SSSR count). The van der Waals surface area contributed by atoms with Crippen LogP contribution < -0.4 is 38.0 Å². The van der Waals surface area contributed by atoms with Crippen molar-refractivity contribution in [1.82, 2.24) is 67.6 Å². The van der Waals surface area contributed by atoms with Crippen LogP contribution in [0.1, 0.15) is 53.3 Å². The van der Waals surface area contributed by atoms with Gasteiger partial charge in [-0.1, -0.05) is 0 Å². The Bertz CT molecular complexity index is 3910. The third-order valence-corrected chi connectivity index (χ3v) is 13.1. The van der Waals surface area contributed by atoms with Gasteiger partial charge >= 0.3 is 23.6 Å². The zero-order valence-electron chi connectivity index (χ0n) is 45.8. The van der Waals surface area contributed by atoms with Crippen molar-refractivity contribution in [3.8, 4) is 22.9 Å². The zero-order valence-corrected chi connectivity index (χ0v) is 45.8. The van der Waals surface area contributed by atoms with E-state index in [1.165, 1.54) is 54.5 Å². The van der Waals surface area contributed by atoms with Gasteiger partial charge in [-0.05, 0) is 77.9 Å². The lowest BCUT2D eigenvalue weighted by Crippen LogP contribution is -2.50. The number of nitro benzene ring substituents is 1. The molecule has 0 saturated carbocycles. The van der Waals surface area contributed by atoms with Crippen molar-refractivity contribution in [2.45, 2.75) is 65.8 Å². The van der Waals surface area contributed by atoms with Crippen LogP contribution in [0, 0.1) is 10.1 Å². The van der Waals surface area contributed by atoms with Gasteiger partial charge in [0.15, 0.2) is 22.3 Å². The van der Waals surface area contributed by atoms with Crippen molar-refractivity contribution in [2.24, 2.45) is 28.2 Å². The maximum absolute atomic E-state index is 13.3. The van der Waals surface area contributed by atoms with Gasteiger partial charge in [0.05, 0.1) is 4.92 Å². The molecular weight excluding hydrogens is 1040 g/mol. The van der Waals surface area contributed by atoms with Gasteiger partial charge in [0.1, 0.15) is 24.3 Å². The van der Waals surface area contributed by atoms with E-state index in [2.05, 4.69) is 25.4 Å². The van der Waals surface area contributed by atoms with Gasteiger partial charge in [-0.15, -0.1) is 20.4 Å². The van der Waals surface area contributed by atoms with Crippen molar-refractivity contribution >= 4 is 57.8 Å². The number of nitrogen functional groups attached to an aromatic ring is 1. The predicted molar refractivity (Wildman–Crippen MR) is 289 cm³/mol. The number of nitro groups is 1. The lowest BCUT2D eigenvalue weighted by atomic mass is 10.2. The van der Waals surface area contributed by atoms with Gasteiger partial charge in [0.2, 0.25) is 35.5 Å². The van der Waals surface area contributed by atoms with Crippen LogP contribution in [-0.4, -0.2) is 148 Å². The molecule has 0 spiro atoms. The molecule has 8 aromatic rings. The Balaban J connectivity index is 0.000000194. The molecule has 2 amide bonds. The van der Waals surface area contributed by atoms with Crippen LogP contribution in [-0.2, 0) is 50.8 Å². The summed E-state index contributed by atoms with van der Waals surface area (Å²) in [5.41, 5.74) is 5.10. The number of aryl methyl sites for hydroxylation is 2. The number of fused-ring (bicyclic) bond motifs is 2. The Labute approximate surface area is 453 Å². The Kier molecular flexibility index (Phi) is 14.7. The van der Waals surface area contributed by atoms with Crippen molar-refractivity contribution < 1.29 is 32.8 Å². The summed E-state index contributed by atoms with van der Waals surface area (Å²) in [5, 5.41) is 27.5. The minimum absolute atomic E-state index is 0.0362. The number of imidazole rings is 2. The number of ether oxygens (including phenoxy) is 2. The highest BCUT2D eigenvalue weighted by Gasteiger charge is 2.32. The minimum Gasteiger partial charge on any atom is -0.444 e. The van der Waals surface area contributed by atoms with Crippen molar-refractivity contribution in [1.29, 1.82) is 0 Å². The van der Waals surface area contributed by atoms with Gasteiger partial charge in [-0.2, -0.15) is 9.97 Å². The molecule has 2 aromatic carbocycles. The smallest absolute Gasteiger partial charge is 0.410 e. The molecule has 0 unspecified atom stereocenters. The molecule has 30 heteroatoms. The molecule has 8 heterocycles. The molecule has 80 heavy (non-hydrogen) atoms. The third-order valence-electron chi connectivity index (χ3n) is 13.1. The van der Waals surface area contributed by atoms with E-state index in [0.717, 1.165) is 9.13 Å². The summed E-state index contributed by atoms with van der Waals surface area (Å²) in [7, 11) is 5.91. The number of anilines is 3. The zero-order chi connectivity index (χ0) is 57.7. The van der Waals surface area contributed by atoms with Crippen LogP contribution in [0.2, 0.25) is 0 Å². The fourth-order valence-electron chi connectivity index (χ4n) is 8.97. The van der Waals surface area contributed by atoms with Crippen LogP contribution in [0.4, 0.5) is 32.9 Å². The molecule has 6 aromatic heterocycles. The lowest BCUT2D eigenvalue weighted by Gasteiger charge is -2.36. The maximum atomic E-state index is 13.3. The van der Waals surface area contributed by atoms with E-state index in [0.29, 0.717) is 87.0 Å². The number of hydrogen-bond acceptors (Lipinski definition) is 21. The second-order valence-corrected chi connectivity index (χ2v) is 21.1. The number of nitrogens with zero attached hydrogens (tertiary/aromatic N) is 17. The first-order chi connectivity index (χ1) is 37.8. The summed E-state index contributed by atoms with van der Waals surface area (Å²) in [5.74, 6) is 1.72. The van der Waals surface area contributed by atoms with Gasteiger partial charge in [0.25, 0.3) is 16.8 Å². The number of rotatable bonds is 9. The van der Waals surface area contributed by atoms with Crippen LogP contribution in [0.15, 0.2) is 76.5 Å². The lowest BCUT2D eigenvalue weighted by molar-refractivity contribution is -0.384. The van der Waals surface area contributed by atoms with Gasteiger partial charge in [0, 0.05) is 109 Å². The van der Waals surface area contributed by atoms with Crippen molar-refractivity contribution in [3.05, 3.63) is 112 Å².